The Balaban J connectivity index is 2.04. The third kappa shape index (κ3) is 4.63. The number of hydrogen-bond donors (Lipinski definition) is 1. The summed E-state index contributed by atoms with van der Waals surface area (Å²) in [6, 6.07) is 5.51. The van der Waals surface area contributed by atoms with Crippen molar-refractivity contribution in [1.82, 2.24) is 9.97 Å². The maximum absolute atomic E-state index is 14.0. The van der Waals surface area contributed by atoms with Gasteiger partial charge in [-0.1, -0.05) is 11.6 Å². The van der Waals surface area contributed by atoms with Crippen molar-refractivity contribution in [3.63, 3.8) is 0 Å². The molecule has 30 heavy (non-hydrogen) atoms. The Kier molecular flexibility index (Phi) is 6.14. The van der Waals surface area contributed by atoms with Crippen LogP contribution in [0, 0.1) is 18.6 Å². The number of sulfonamides is 1. The zero-order valence-corrected chi connectivity index (χ0v) is 17.5. The molecule has 10 heteroatoms. The van der Waals surface area contributed by atoms with E-state index in [1.54, 1.807) is 19.1 Å². The van der Waals surface area contributed by atoms with E-state index in [0.29, 0.717) is 28.5 Å². The summed E-state index contributed by atoms with van der Waals surface area (Å²) in [4.78, 5) is 18.8. The minimum atomic E-state index is -4.40. The summed E-state index contributed by atoms with van der Waals surface area (Å²) in [6.45, 7) is 3.07. The second kappa shape index (κ2) is 8.45. The van der Waals surface area contributed by atoms with E-state index < -0.39 is 26.6 Å². The molecule has 0 atom stereocenters. The summed E-state index contributed by atoms with van der Waals surface area (Å²) >= 11 is 6.10. The van der Waals surface area contributed by atoms with Crippen LogP contribution >= 0.6 is 11.6 Å². The molecule has 6 nitrogen and oxygen atoms in total. The molecule has 3 rings (SSSR count). The van der Waals surface area contributed by atoms with E-state index in [2.05, 4.69) is 14.7 Å². The summed E-state index contributed by atoms with van der Waals surface area (Å²) in [5, 5.41) is -0.139. The van der Waals surface area contributed by atoms with Crippen LogP contribution in [0.2, 0.25) is 5.15 Å². The average Bonchev–Trinajstić information content (AvgIpc) is 2.64. The van der Waals surface area contributed by atoms with Crippen molar-refractivity contribution < 1.29 is 22.0 Å². The summed E-state index contributed by atoms with van der Waals surface area (Å²) in [6.07, 6.45) is 3.14. The first kappa shape index (κ1) is 21.8. The quantitative estimate of drug-likeness (QED) is 0.564. The van der Waals surface area contributed by atoms with E-state index in [1.165, 1.54) is 19.3 Å². The van der Waals surface area contributed by atoms with Crippen LogP contribution in [-0.4, -0.2) is 24.2 Å². The molecule has 0 amide bonds. The van der Waals surface area contributed by atoms with Gasteiger partial charge in [0.15, 0.2) is 5.15 Å². The van der Waals surface area contributed by atoms with Crippen LogP contribution in [0.5, 0.6) is 0 Å². The second-order valence-corrected chi connectivity index (χ2v) is 8.57. The lowest BCUT2D eigenvalue weighted by Crippen LogP contribution is -2.16. The van der Waals surface area contributed by atoms with Gasteiger partial charge in [0.05, 0.1) is 5.69 Å². The number of benzene rings is 1. The average molecular weight is 452 g/mol. The van der Waals surface area contributed by atoms with Crippen molar-refractivity contribution in [2.45, 2.75) is 25.2 Å². The van der Waals surface area contributed by atoms with Crippen molar-refractivity contribution in [3.05, 3.63) is 70.8 Å². The van der Waals surface area contributed by atoms with Crippen molar-refractivity contribution in [3.8, 4) is 11.1 Å². The Morgan fingerprint density at radius 2 is 1.90 bits per heavy atom. The van der Waals surface area contributed by atoms with Gasteiger partial charge in [-0.15, -0.1) is 0 Å². The molecule has 0 saturated carbocycles. The molecule has 2 heterocycles. The smallest absolute Gasteiger partial charge is 0.264 e. The van der Waals surface area contributed by atoms with E-state index in [-0.39, 0.29) is 23.0 Å². The zero-order chi connectivity index (χ0) is 22.1. The van der Waals surface area contributed by atoms with E-state index in [1.807, 2.05) is 0 Å². The Labute approximate surface area is 177 Å². The predicted molar refractivity (Wildman–Crippen MR) is 109 cm³/mol. The number of carbonyl (C=O) groups excluding carboxylic acids is 1. The fraction of sp³-hybridized carbons (Fsp3) is 0.150. The number of pyridine rings is 2. The molecule has 0 aliphatic rings. The molecular formula is C20H16ClF2N3O3S. The van der Waals surface area contributed by atoms with E-state index in [9.17, 15) is 22.0 Å². The number of anilines is 1. The first-order valence-corrected chi connectivity index (χ1v) is 10.5. The predicted octanol–water partition coefficient (Wildman–Crippen LogP) is 4.32. The monoisotopic (exact) mass is 451 g/mol. The van der Waals surface area contributed by atoms with Gasteiger partial charge in [0.2, 0.25) is 0 Å². The normalized spacial score (nSPS) is 11.4. The molecule has 0 aliphatic carbocycles. The highest BCUT2D eigenvalue weighted by molar-refractivity contribution is 7.92. The number of Topliss-reactive ketones (excluding diaryl/α,β-unsaturated/α-hetero) is 1. The van der Waals surface area contributed by atoms with Crippen LogP contribution in [-0.2, 0) is 21.2 Å². The molecule has 156 valence electrons. The molecule has 0 bridgehead atoms. The Hall–Kier alpha value is -2.91. The lowest BCUT2D eigenvalue weighted by Gasteiger charge is -2.15. The zero-order valence-electron chi connectivity index (χ0n) is 15.9. The van der Waals surface area contributed by atoms with Crippen molar-refractivity contribution >= 4 is 33.1 Å². The molecule has 0 unspecified atom stereocenters. The van der Waals surface area contributed by atoms with Gasteiger partial charge >= 0.3 is 0 Å². The van der Waals surface area contributed by atoms with Crippen molar-refractivity contribution in [1.29, 1.82) is 0 Å². The molecule has 2 aromatic heterocycles. The van der Waals surface area contributed by atoms with Gasteiger partial charge in [-0.25, -0.2) is 22.2 Å². The fourth-order valence-corrected chi connectivity index (χ4v) is 4.35. The van der Waals surface area contributed by atoms with Crippen LogP contribution < -0.4 is 4.72 Å². The Bertz CT molecular complexity index is 1250. The number of nitrogens with one attached hydrogen (secondary N) is 1. The number of ketones is 1. The highest BCUT2D eigenvalue weighted by Crippen LogP contribution is 2.34. The van der Waals surface area contributed by atoms with Gasteiger partial charge in [-0.3, -0.25) is 14.5 Å². The lowest BCUT2D eigenvalue weighted by molar-refractivity contribution is -0.116. The summed E-state index contributed by atoms with van der Waals surface area (Å²) in [7, 11) is -4.40. The Morgan fingerprint density at radius 1 is 1.17 bits per heavy atom. The maximum Gasteiger partial charge on any atom is 0.264 e. The van der Waals surface area contributed by atoms with Gasteiger partial charge in [0.25, 0.3) is 10.0 Å². The number of carbonyl (C=O) groups is 1. The van der Waals surface area contributed by atoms with Crippen LogP contribution in [0.4, 0.5) is 14.5 Å². The third-order valence-corrected chi connectivity index (χ3v) is 5.94. The number of rotatable bonds is 6. The molecule has 0 radical (unpaired) electrons. The standard InChI is InChI=1S/C20H16ClF2N3O3S/c1-11(27)7-15-8-13(5-6-24-15)16-10-25-20(21)19(12(16)2)26-30(28,29)18-4-3-14(22)9-17(18)23/h3-6,8-10,26H,7H2,1-2H3. The van der Waals surface area contributed by atoms with Crippen LogP contribution in [0.3, 0.4) is 0 Å². The fourth-order valence-electron chi connectivity index (χ4n) is 2.86. The van der Waals surface area contributed by atoms with Gasteiger partial charge in [-0.05, 0) is 49.2 Å². The topological polar surface area (TPSA) is 89.0 Å². The van der Waals surface area contributed by atoms with Crippen molar-refractivity contribution in [2.24, 2.45) is 0 Å². The lowest BCUT2D eigenvalue weighted by atomic mass is 10.0. The molecule has 0 aliphatic heterocycles. The molecular weight excluding hydrogens is 436 g/mol. The molecule has 0 fully saturated rings. The SMILES string of the molecule is CC(=O)Cc1cc(-c2cnc(Cl)c(NS(=O)(=O)c3ccc(F)cc3F)c2C)ccn1. The van der Waals surface area contributed by atoms with Gasteiger partial charge < -0.3 is 0 Å². The molecule has 1 N–H and O–H groups in total. The highest BCUT2D eigenvalue weighted by Gasteiger charge is 2.23. The minimum absolute atomic E-state index is 0.0391. The van der Waals surface area contributed by atoms with Gasteiger partial charge in [0, 0.05) is 36.1 Å². The maximum atomic E-state index is 14.0. The van der Waals surface area contributed by atoms with Crippen LogP contribution in [0.15, 0.2) is 47.6 Å². The first-order valence-electron chi connectivity index (χ1n) is 8.66. The molecule has 1 aromatic carbocycles. The molecule has 0 saturated heterocycles. The van der Waals surface area contributed by atoms with Crippen molar-refractivity contribution in [2.75, 3.05) is 4.72 Å². The van der Waals surface area contributed by atoms with Crippen LogP contribution in [0.25, 0.3) is 11.1 Å². The highest BCUT2D eigenvalue weighted by atomic mass is 35.5. The van der Waals surface area contributed by atoms with E-state index >= 15 is 0 Å². The van der Waals surface area contributed by atoms with E-state index in [4.69, 9.17) is 11.6 Å². The summed E-state index contributed by atoms with van der Waals surface area (Å²) in [5.74, 6) is -2.19. The molecule has 0 spiro atoms. The third-order valence-electron chi connectivity index (χ3n) is 4.27. The largest absolute Gasteiger partial charge is 0.300 e. The number of aromatic nitrogens is 2. The van der Waals surface area contributed by atoms with Crippen LogP contribution in [0.1, 0.15) is 18.2 Å². The summed E-state index contributed by atoms with van der Waals surface area (Å²) in [5.41, 5.74) is 2.13. The summed E-state index contributed by atoms with van der Waals surface area (Å²) < 4.78 is 54.7. The second-order valence-electron chi connectivity index (χ2n) is 6.56. The van der Waals surface area contributed by atoms with Gasteiger partial charge in [0.1, 0.15) is 22.3 Å². The number of hydrogen-bond acceptors (Lipinski definition) is 5. The minimum Gasteiger partial charge on any atom is -0.300 e. The molecule has 3 aromatic rings. The van der Waals surface area contributed by atoms with Gasteiger partial charge in [-0.2, -0.15) is 0 Å². The van der Waals surface area contributed by atoms with E-state index in [0.717, 1.165) is 12.1 Å². The Morgan fingerprint density at radius 3 is 2.57 bits per heavy atom. The first-order chi connectivity index (χ1) is 14.1. The number of nitrogens with zero attached hydrogens (tertiary/aromatic N) is 2. The number of halogens is 3.